The molecule has 4 heterocycles. The van der Waals surface area contributed by atoms with Crippen LogP contribution in [0.5, 0.6) is 0 Å². The van der Waals surface area contributed by atoms with Crippen molar-refractivity contribution in [3.05, 3.63) is 12.2 Å². The number of fused-ring (bicyclic) bond motifs is 1. The first-order chi connectivity index (χ1) is 16.8. The highest BCUT2D eigenvalue weighted by Gasteiger charge is 2.47. The van der Waals surface area contributed by atoms with E-state index in [4.69, 9.17) is 15.2 Å². The average Bonchev–Trinajstić information content (AvgIpc) is 3.40. The maximum atomic E-state index is 12.2. The lowest BCUT2D eigenvalue weighted by Crippen LogP contribution is -2.42. The molecule has 0 aromatic carbocycles. The van der Waals surface area contributed by atoms with E-state index in [0.29, 0.717) is 32.0 Å². The fourth-order valence-electron chi connectivity index (χ4n) is 4.28. The molecule has 13 nitrogen and oxygen atoms in total. The van der Waals surface area contributed by atoms with Crippen molar-refractivity contribution in [1.82, 2.24) is 29.7 Å². The number of imidazole rings is 1. The molecule has 2 aliphatic rings. The number of piperidine rings is 1. The minimum absolute atomic E-state index is 0.109. The topological polar surface area (TPSA) is 178 Å². The second-order valence-electron chi connectivity index (χ2n) is 8.49. The van der Waals surface area contributed by atoms with E-state index in [1.807, 2.05) is 0 Å². The van der Waals surface area contributed by atoms with Crippen LogP contribution < -0.4 is 11.1 Å². The number of likely N-dealkylation sites (N-methyl/N-ethyl adjacent to an activating group) is 1. The molecule has 13 heteroatoms. The molecule has 4 rings (SSSR count). The Morgan fingerprint density at radius 3 is 2.71 bits per heavy atom. The van der Waals surface area contributed by atoms with Crippen LogP contribution in [0.25, 0.3) is 11.2 Å². The van der Waals surface area contributed by atoms with E-state index in [1.165, 1.54) is 18.0 Å². The van der Waals surface area contributed by atoms with Gasteiger partial charge in [-0.3, -0.25) is 9.36 Å². The molecule has 0 spiro atoms. The van der Waals surface area contributed by atoms with Gasteiger partial charge in [0.1, 0.15) is 17.7 Å². The number of carbonyl (C=O) groups is 2. The van der Waals surface area contributed by atoms with Gasteiger partial charge in [-0.15, -0.1) is 0 Å². The molecular weight excluding hydrogens is 458 g/mol. The lowest BCUT2D eigenvalue weighted by Gasteiger charge is -2.29. The highest BCUT2D eigenvalue weighted by atomic mass is 16.6. The van der Waals surface area contributed by atoms with E-state index in [-0.39, 0.29) is 28.9 Å². The molecule has 0 saturated carbocycles. The quantitative estimate of drug-likeness (QED) is 0.406. The first kappa shape index (κ1) is 24.6. The maximum absolute atomic E-state index is 12.2. The Labute approximate surface area is 201 Å². The summed E-state index contributed by atoms with van der Waals surface area (Å²) in [5.74, 6) is 6.11. The van der Waals surface area contributed by atoms with Crippen molar-refractivity contribution in [3.8, 4) is 11.8 Å². The van der Waals surface area contributed by atoms with Crippen LogP contribution in [0.3, 0.4) is 0 Å². The summed E-state index contributed by atoms with van der Waals surface area (Å²) < 4.78 is 11.8. The summed E-state index contributed by atoms with van der Waals surface area (Å²) in [6.07, 6.45) is -1.84. The Morgan fingerprint density at radius 2 is 2.03 bits per heavy atom. The van der Waals surface area contributed by atoms with Crippen LogP contribution in [0.4, 0.5) is 10.6 Å². The Morgan fingerprint density at radius 1 is 1.29 bits per heavy atom. The second-order valence-corrected chi connectivity index (χ2v) is 8.49. The van der Waals surface area contributed by atoms with Crippen molar-refractivity contribution in [3.63, 3.8) is 0 Å². The van der Waals surface area contributed by atoms with Crippen LogP contribution in [0.15, 0.2) is 6.33 Å². The zero-order chi connectivity index (χ0) is 25.1. The molecule has 2 saturated heterocycles. The number of ether oxygens (including phenoxy) is 2. The molecule has 0 aliphatic carbocycles. The predicted molar refractivity (Wildman–Crippen MR) is 123 cm³/mol. The van der Waals surface area contributed by atoms with Crippen molar-refractivity contribution in [2.45, 2.75) is 50.7 Å². The number of nitrogens with zero attached hydrogens (tertiary/aromatic N) is 5. The van der Waals surface area contributed by atoms with Crippen molar-refractivity contribution in [1.29, 1.82) is 0 Å². The molecule has 1 unspecified atom stereocenters. The zero-order valence-electron chi connectivity index (χ0n) is 19.5. The number of aliphatic hydroxyl groups excluding tert-OH is 2. The third-order valence-corrected chi connectivity index (χ3v) is 6.21. The standard InChI is InChI=1S/C22H29N7O6/c1-3-24-20(32)17-15(30)16(31)21(35-17)29-11-25-14-18(23)26-13(27-19(14)29)6-4-5-12-7-9-28(10-8-12)22(33)34-2/h11-12,15-17,21,30-31H,3,5,7-10H2,1-2H3,(H,24,32)(H2,23,26,27)/t15?,16-,17-,21+/m0/s1. The van der Waals surface area contributed by atoms with Crippen molar-refractivity contribution in [2.75, 3.05) is 32.5 Å². The summed E-state index contributed by atoms with van der Waals surface area (Å²) >= 11 is 0. The first-order valence-corrected chi connectivity index (χ1v) is 11.4. The minimum atomic E-state index is -1.42. The van der Waals surface area contributed by atoms with Crippen LogP contribution in [0.1, 0.15) is 38.2 Å². The molecule has 2 amide bonds. The highest BCUT2D eigenvalue weighted by molar-refractivity contribution is 5.83. The fourth-order valence-corrected chi connectivity index (χ4v) is 4.28. The second kappa shape index (κ2) is 10.4. The van der Waals surface area contributed by atoms with Gasteiger partial charge in [0.2, 0.25) is 5.82 Å². The van der Waals surface area contributed by atoms with Gasteiger partial charge < -0.3 is 35.6 Å². The molecule has 4 atom stereocenters. The van der Waals surface area contributed by atoms with Gasteiger partial charge in [0.05, 0.1) is 13.4 Å². The van der Waals surface area contributed by atoms with Crippen molar-refractivity contribution >= 4 is 29.0 Å². The van der Waals surface area contributed by atoms with Gasteiger partial charge in [0, 0.05) is 26.1 Å². The van der Waals surface area contributed by atoms with Gasteiger partial charge >= 0.3 is 6.09 Å². The van der Waals surface area contributed by atoms with E-state index in [0.717, 1.165) is 12.8 Å². The third-order valence-electron chi connectivity index (χ3n) is 6.21. The van der Waals surface area contributed by atoms with Gasteiger partial charge in [-0.1, -0.05) is 5.92 Å². The summed E-state index contributed by atoms with van der Waals surface area (Å²) in [4.78, 5) is 38.3. The van der Waals surface area contributed by atoms with E-state index >= 15 is 0 Å². The summed E-state index contributed by atoms with van der Waals surface area (Å²) in [5, 5.41) is 23.4. The lowest BCUT2D eigenvalue weighted by atomic mass is 9.94. The number of anilines is 1. The van der Waals surface area contributed by atoms with E-state index < -0.39 is 30.4 Å². The molecule has 0 radical (unpaired) electrons. The first-order valence-electron chi connectivity index (χ1n) is 11.4. The van der Waals surface area contributed by atoms with Gasteiger partial charge in [-0.2, -0.15) is 0 Å². The number of methoxy groups -OCH3 is 1. The number of amides is 2. The van der Waals surface area contributed by atoms with Gasteiger partial charge in [-0.25, -0.2) is 19.7 Å². The molecular formula is C22H29N7O6. The van der Waals surface area contributed by atoms with Crippen molar-refractivity contribution in [2.24, 2.45) is 5.92 Å². The number of aromatic nitrogens is 4. The van der Waals surface area contributed by atoms with Gasteiger partial charge in [0.25, 0.3) is 5.91 Å². The Kier molecular flexibility index (Phi) is 7.34. The molecule has 5 N–H and O–H groups in total. The van der Waals surface area contributed by atoms with Crippen LogP contribution in [0, 0.1) is 17.8 Å². The number of carbonyl (C=O) groups excluding carboxylic acids is 2. The smallest absolute Gasteiger partial charge is 0.409 e. The van der Waals surface area contributed by atoms with Crippen LogP contribution in [-0.4, -0.2) is 91.7 Å². The Bertz CT molecular complexity index is 1150. The number of rotatable bonds is 4. The number of hydrogen-bond acceptors (Lipinski definition) is 10. The summed E-state index contributed by atoms with van der Waals surface area (Å²) in [6, 6.07) is 0. The molecule has 2 aliphatic heterocycles. The molecule has 2 fully saturated rings. The number of aliphatic hydroxyl groups is 2. The average molecular weight is 488 g/mol. The van der Waals surface area contributed by atoms with Crippen molar-refractivity contribution < 1.29 is 29.3 Å². The molecule has 188 valence electrons. The molecule has 2 aromatic heterocycles. The third kappa shape index (κ3) is 5.00. The molecule has 35 heavy (non-hydrogen) atoms. The minimum Gasteiger partial charge on any atom is -0.453 e. The monoisotopic (exact) mass is 487 g/mol. The predicted octanol–water partition coefficient (Wildman–Crippen LogP) is -0.616. The van der Waals surface area contributed by atoms with Crippen LogP contribution in [0.2, 0.25) is 0 Å². The summed E-state index contributed by atoms with van der Waals surface area (Å²) in [6.45, 7) is 3.35. The largest absolute Gasteiger partial charge is 0.453 e. The lowest BCUT2D eigenvalue weighted by molar-refractivity contribution is -0.137. The molecule has 0 bridgehead atoms. The summed E-state index contributed by atoms with van der Waals surface area (Å²) in [5.41, 5.74) is 6.61. The number of nitrogen functional groups attached to an aromatic ring is 1. The SMILES string of the molecule is CCNC(=O)[C@H]1O[C@@H](n2cnc3c(N)nc(C#CCC4CCN(C(=O)OC)CC4)nc32)[C@@H](O)C1O. The van der Waals surface area contributed by atoms with Crippen LogP contribution in [-0.2, 0) is 14.3 Å². The fraction of sp³-hybridized carbons (Fsp3) is 0.591. The highest BCUT2D eigenvalue weighted by Crippen LogP contribution is 2.32. The van der Waals surface area contributed by atoms with Gasteiger partial charge in [0.15, 0.2) is 23.8 Å². The normalized spacial score (nSPS) is 24.7. The number of likely N-dealkylation sites (tertiary alicyclic amines) is 1. The maximum Gasteiger partial charge on any atom is 0.409 e. The Balaban J connectivity index is 1.49. The molecule has 2 aromatic rings. The van der Waals surface area contributed by atoms with E-state index in [1.54, 1.807) is 11.8 Å². The summed E-state index contributed by atoms with van der Waals surface area (Å²) in [7, 11) is 1.37. The van der Waals surface area contributed by atoms with Crippen LogP contribution >= 0.6 is 0 Å². The van der Waals surface area contributed by atoms with E-state index in [9.17, 15) is 19.8 Å². The number of nitrogens with two attached hydrogens (primary N) is 1. The number of nitrogens with one attached hydrogen (secondary N) is 1. The Hall–Kier alpha value is -3.47. The van der Waals surface area contributed by atoms with Gasteiger partial charge in [-0.05, 0) is 31.6 Å². The zero-order valence-corrected chi connectivity index (χ0v) is 19.5. The number of hydrogen-bond donors (Lipinski definition) is 4. The van der Waals surface area contributed by atoms with E-state index in [2.05, 4.69) is 32.1 Å².